The first-order valence-corrected chi connectivity index (χ1v) is 12.3. The van der Waals surface area contributed by atoms with Crippen LogP contribution >= 0.6 is 0 Å². The smallest absolute Gasteiger partial charge is 0.219 e. The molecule has 1 atom stereocenters. The van der Waals surface area contributed by atoms with Crippen LogP contribution in [0.3, 0.4) is 0 Å². The molecule has 6 nitrogen and oxygen atoms in total. The highest BCUT2D eigenvalue weighted by Crippen LogP contribution is 2.23. The molecule has 1 aliphatic heterocycles. The van der Waals surface area contributed by atoms with Gasteiger partial charge in [0.15, 0.2) is 0 Å². The van der Waals surface area contributed by atoms with Gasteiger partial charge in [0.1, 0.15) is 11.9 Å². The molecule has 3 aromatic carbocycles. The Kier molecular flexibility index (Phi) is 6.98. The minimum Gasteiger partial charge on any atom is -0.489 e. The molecule has 1 aliphatic rings. The van der Waals surface area contributed by atoms with Crippen LogP contribution in [0.15, 0.2) is 85.5 Å². The summed E-state index contributed by atoms with van der Waals surface area (Å²) in [6, 6.07) is 23.5. The van der Waals surface area contributed by atoms with Gasteiger partial charge < -0.3 is 19.1 Å². The second kappa shape index (κ2) is 10.6. The molecule has 1 unspecified atom stereocenters. The van der Waals surface area contributed by atoms with E-state index in [1.165, 1.54) is 22.0 Å². The van der Waals surface area contributed by atoms with Crippen molar-refractivity contribution >= 4 is 22.4 Å². The van der Waals surface area contributed by atoms with Crippen LogP contribution < -0.4 is 9.64 Å². The van der Waals surface area contributed by atoms with Crippen molar-refractivity contribution in [2.24, 2.45) is 0 Å². The summed E-state index contributed by atoms with van der Waals surface area (Å²) in [5.41, 5.74) is 2.49. The van der Waals surface area contributed by atoms with E-state index in [4.69, 9.17) is 4.74 Å². The van der Waals surface area contributed by atoms with Crippen LogP contribution in [0.25, 0.3) is 10.8 Å². The molecule has 1 fully saturated rings. The van der Waals surface area contributed by atoms with Crippen molar-refractivity contribution < 1.29 is 9.53 Å². The first-order valence-electron chi connectivity index (χ1n) is 12.3. The van der Waals surface area contributed by atoms with E-state index in [-0.39, 0.29) is 12.0 Å². The van der Waals surface area contributed by atoms with Gasteiger partial charge in [-0.1, -0.05) is 42.5 Å². The fourth-order valence-electron chi connectivity index (χ4n) is 4.75. The molecule has 0 spiro atoms. The van der Waals surface area contributed by atoms with Crippen molar-refractivity contribution in [3.8, 4) is 5.75 Å². The monoisotopic (exact) mass is 468 g/mol. The topological polar surface area (TPSA) is 50.6 Å². The van der Waals surface area contributed by atoms with Crippen LogP contribution in [-0.4, -0.2) is 52.6 Å². The highest BCUT2D eigenvalue weighted by atomic mass is 16.5. The molecule has 0 radical (unpaired) electrons. The maximum Gasteiger partial charge on any atom is 0.219 e. The molecular formula is C29H32N4O2. The maximum atomic E-state index is 11.6. The zero-order valence-electron chi connectivity index (χ0n) is 20.2. The van der Waals surface area contributed by atoms with E-state index >= 15 is 0 Å². The summed E-state index contributed by atoms with van der Waals surface area (Å²) in [4.78, 5) is 20.0. The molecule has 1 saturated heterocycles. The summed E-state index contributed by atoms with van der Waals surface area (Å²) < 4.78 is 8.55. The van der Waals surface area contributed by atoms with E-state index in [1.54, 1.807) is 13.1 Å². The molecule has 0 N–H and O–H groups in total. The Morgan fingerprint density at radius 3 is 2.46 bits per heavy atom. The number of imidazole rings is 1. The lowest BCUT2D eigenvalue weighted by atomic mass is 10.0. The van der Waals surface area contributed by atoms with Crippen molar-refractivity contribution in [3.63, 3.8) is 0 Å². The van der Waals surface area contributed by atoms with Crippen molar-refractivity contribution in [3.05, 3.63) is 91.0 Å². The SMILES string of the molecule is CC(=O)N1CCN(c2ccc(OC(CCc3ccc4ccccc4c3)Cn3ccnc3)cc2)CC1. The van der Waals surface area contributed by atoms with Gasteiger partial charge in [0.05, 0.1) is 12.9 Å². The number of hydrogen-bond acceptors (Lipinski definition) is 4. The Morgan fingerprint density at radius 1 is 0.971 bits per heavy atom. The predicted molar refractivity (Wildman–Crippen MR) is 140 cm³/mol. The number of carbonyl (C=O) groups is 1. The maximum absolute atomic E-state index is 11.6. The number of aromatic nitrogens is 2. The first kappa shape index (κ1) is 23.0. The van der Waals surface area contributed by atoms with Crippen LogP contribution in [-0.2, 0) is 17.8 Å². The van der Waals surface area contributed by atoms with Crippen molar-refractivity contribution in [2.75, 3.05) is 31.1 Å². The molecule has 0 saturated carbocycles. The van der Waals surface area contributed by atoms with E-state index in [9.17, 15) is 4.79 Å². The molecule has 0 aliphatic carbocycles. The molecule has 180 valence electrons. The minimum absolute atomic E-state index is 0.0284. The molecule has 5 rings (SSSR count). The summed E-state index contributed by atoms with van der Waals surface area (Å²) in [5, 5.41) is 2.54. The number of hydrogen-bond donors (Lipinski definition) is 0. The van der Waals surface area contributed by atoms with E-state index in [0.717, 1.165) is 51.3 Å². The third-order valence-electron chi connectivity index (χ3n) is 6.77. The number of fused-ring (bicyclic) bond motifs is 1. The van der Waals surface area contributed by atoms with E-state index in [0.29, 0.717) is 0 Å². The van der Waals surface area contributed by atoms with Crippen LogP contribution in [0, 0.1) is 0 Å². The zero-order valence-corrected chi connectivity index (χ0v) is 20.2. The van der Waals surface area contributed by atoms with Crippen LogP contribution in [0.4, 0.5) is 5.69 Å². The standard InChI is InChI=1S/C29H32N4O2/c1-23(34)32-16-18-33(19-17-32)27-9-12-28(13-10-27)35-29(21-31-15-14-30-22-31)11-7-24-6-8-25-4-2-3-5-26(25)20-24/h2-6,8-10,12-15,20,22,29H,7,11,16-19,21H2,1H3. The van der Waals surface area contributed by atoms with Gasteiger partial charge in [-0.15, -0.1) is 0 Å². The van der Waals surface area contributed by atoms with Gasteiger partial charge in [-0.25, -0.2) is 4.98 Å². The Labute approximate surface area is 206 Å². The lowest BCUT2D eigenvalue weighted by Crippen LogP contribution is -2.48. The van der Waals surface area contributed by atoms with Gasteiger partial charge in [-0.2, -0.15) is 0 Å². The second-order valence-corrected chi connectivity index (χ2v) is 9.21. The van der Waals surface area contributed by atoms with Gasteiger partial charge in [-0.05, 0) is 53.4 Å². The van der Waals surface area contributed by atoms with Gasteiger partial charge in [-0.3, -0.25) is 4.79 Å². The summed E-state index contributed by atoms with van der Waals surface area (Å²) in [7, 11) is 0. The van der Waals surface area contributed by atoms with E-state index in [1.807, 2.05) is 17.4 Å². The Hall–Kier alpha value is -3.80. The Bertz CT molecular complexity index is 1250. The average molecular weight is 469 g/mol. The highest BCUT2D eigenvalue weighted by molar-refractivity contribution is 5.83. The number of ether oxygens (including phenoxy) is 1. The summed E-state index contributed by atoms with van der Waals surface area (Å²) in [5.74, 6) is 1.03. The van der Waals surface area contributed by atoms with Crippen molar-refractivity contribution in [1.29, 1.82) is 0 Å². The molecule has 1 aromatic heterocycles. The lowest BCUT2D eigenvalue weighted by molar-refractivity contribution is -0.129. The lowest BCUT2D eigenvalue weighted by Gasteiger charge is -2.35. The molecular weight excluding hydrogens is 436 g/mol. The zero-order chi connectivity index (χ0) is 24.0. The second-order valence-electron chi connectivity index (χ2n) is 9.21. The van der Waals surface area contributed by atoms with Gasteiger partial charge in [0, 0.05) is 51.2 Å². The van der Waals surface area contributed by atoms with Crippen LogP contribution in [0.2, 0.25) is 0 Å². The van der Waals surface area contributed by atoms with E-state index in [2.05, 4.69) is 81.2 Å². The number of amides is 1. The first-order chi connectivity index (χ1) is 17.1. The van der Waals surface area contributed by atoms with Crippen LogP contribution in [0.1, 0.15) is 18.9 Å². The Balaban J connectivity index is 1.23. The number of anilines is 1. The number of rotatable bonds is 8. The number of nitrogens with zero attached hydrogens (tertiary/aromatic N) is 4. The van der Waals surface area contributed by atoms with Gasteiger partial charge in [0.25, 0.3) is 0 Å². The molecule has 6 heteroatoms. The fraction of sp³-hybridized carbons (Fsp3) is 0.310. The molecule has 2 heterocycles. The van der Waals surface area contributed by atoms with Crippen molar-refractivity contribution in [2.45, 2.75) is 32.4 Å². The predicted octanol–water partition coefficient (Wildman–Crippen LogP) is 4.79. The number of piperazine rings is 1. The highest BCUT2D eigenvalue weighted by Gasteiger charge is 2.19. The summed E-state index contributed by atoms with van der Waals surface area (Å²) in [6.07, 6.45) is 7.52. The number of aryl methyl sites for hydroxylation is 1. The average Bonchev–Trinajstić information content (AvgIpc) is 3.41. The summed E-state index contributed by atoms with van der Waals surface area (Å²) >= 11 is 0. The summed E-state index contributed by atoms with van der Waals surface area (Å²) in [6.45, 7) is 5.65. The minimum atomic E-state index is 0.0284. The number of benzene rings is 3. The Morgan fingerprint density at radius 2 is 1.74 bits per heavy atom. The van der Waals surface area contributed by atoms with E-state index < -0.39 is 0 Å². The third-order valence-corrected chi connectivity index (χ3v) is 6.77. The molecule has 0 bridgehead atoms. The quantitative estimate of drug-likeness (QED) is 0.373. The molecule has 1 amide bonds. The molecule has 4 aromatic rings. The normalized spacial score (nSPS) is 14.8. The molecule has 35 heavy (non-hydrogen) atoms. The largest absolute Gasteiger partial charge is 0.489 e. The fourth-order valence-corrected chi connectivity index (χ4v) is 4.75. The number of carbonyl (C=O) groups excluding carboxylic acids is 1. The third kappa shape index (κ3) is 5.83. The van der Waals surface area contributed by atoms with Crippen molar-refractivity contribution in [1.82, 2.24) is 14.5 Å². The van der Waals surface area contributed by atoms with Crippen LogP contribution in [0.5, 0.6) is 5.75 Å². The van der Waals surface area contributed by atoms with Gasteiger partial charge >= 0.3 is 0 Å². The van der Waals surface area contributed by atoms with Gasteiger partial charge in [0.2, 0.25) is 5.91 Å².